The molecule has 1 rings (SSSR count). The molecule has 0 aliphatic heterocycles. The molecule has 24 heavy (non-hydrogen) atoms. The van der Waals surface area contributed by atoms with E-state index in [9.17, 15) is 22.8 Å². The first kappa shape index (κ1) is 20.1. The number of hydrogen-bond donors (Lipinski definition) is 2. The Bertz CT molecular complexity index is 626. The van der Waals surface area contributed by atoms with Crippen LogP contribution in [0.15, 0.2) is 18.2 Å². The summed E-state index contributed by atoms with van der Waals surface area (Å²) in [6.45, 7) is 4.71. The first-order valence-corrected chi connectivity index (χ1v) is 7.25. The Labute approximate surface area is 141 Å². The Kier molecular flexibility index (Phi) is 6.10. The average molecular weight is 368 g/mol. The van der Waals surface area contributed by atoms with Gasteiger partial charge in [0.1, 0.15) is 11.6 Å². The Morgan fingerprint density at radius 1 is 1.29 bits per heavy atom. The first-order chi connectivity index (χ1) is 10.8. The fourth-order valence-corrected chi connectivity index (χ4v) is 2.07. The standard InChI is InChI=1S/C15H17ClF3NO4/c1-14(2,3)24-13(23)20-11(12(21)22)7-8-6-9(16)4-5-10(8)15(17,18)19/h4-6,11H,7H2,1-3H3,(H,20,23)(H,21,22). The van der Waals surface area contributed by atoms with E-state index in [2.05, 4.69) is 0 Å². The van der Waals surface area contributed by atoms with Gasteiger partial charge in [-0.25, -0.2) is 9.59 Å². The van der Waals surface area contributed by atoms with Gasteiger partial charge in [-0.05, 0) is 44.5 Å². The number of aliphatic carboxylic acids is 1. The number of alkyl halides is 3. The quantitative estimate of drug-likeness (QED) is 0.846. The van der Waals surface area contributed by atoms with Gasteiger partial charge < -0.3 is 15.2 Å². The van der Waals surface area contributed by atoms with E-state index in [0.29, 0.717) is 0 Å². The monoisotopic (exact) mass is 367 g/mol. The molecule has 134 valence electrons. The third-order valence-corrected chi connectivity index (χ3v) is 3.02. The number of benzene rings is 1. The Morgan fingerprint density at radius 3 is 2.33 bits per heavy atom. The van der Waals surface area contributed by atoms with Crippen LogP contribution in [-0.4, -0.2) is 28.8 Å². The molecule has 0 bridgehead atoms. The van der Waals surface area contributed by atoms with Gasteiger partial charge in [0.15, 0.2) is 0 Å². The van der Waals surface area contributed by atoms with E-state index in [-0.39, 0.29) is 10.6 Å². The van der Waals surface area contributed by atoms with E-state index in [0.717, 1.165) is 18.2 Å². The second-order valence-electron chi connectivity index (χ2n) is 6.04. The highest BCUT2D eigenvalue weighted by Crippen LogP contribution is 2.34. The van der Waals surface area contributed by atoms with Gasteiger partial charge in [-0.3, -0.25) is 0 Å². The summed E-state index contributed by atoms with van der Waals surface area (Å²) >= 11 is 5.70. The Balaban J connectivity index is 3.04. The SMILES string of the molecule is CC(C)(C)OC(=O)NC(Cc1cc(Cl)ccc1C(F)(F)F)C(=O)O. The number of carbonyl (C=O) groups is 2. The number of ether oxygens (including phenoxy) is 1. The van der Waals surface area contributed by atoms with Crippen LogP contribution in [0.4, 0.5) is 18.0 Å². The van der Waals surface area contributed by atoms with Crippen molar-refractivity contribution in [2.45, 2.75) is 45.0 Å². The summed E-state index contributed by atoms with van der Waals surface area (Å²) in [6.07, 6.45) is -6.30. The molecule has 0 fully saturated rings. The Morgan fingerprint density at radius 2 is 1.88 bits per heavy atom. The zero-order chi connectivity index (χ0) is 18.7. The van der Waals surface area contributed by atoms with Crippen LogP contribution in [0.5, 0.6) is 0 Å². The lowest BCUT2D eigenvalue weighted by atomic mass is 10.00. The van der Waals surface area contributed by atoms with Crippen molar-refractivity contribution in [2.75, 3.05) is 0 Å². The molecule has 9 heteroatoms. The van der Waals surface area contributed by atoms with E-state index in [1.54, 1.807) is 20.8 Å². The van der Waals surface area contributed by atoms with Crippen molar-refractivity contribution in [3.8, 4) is 0 Å². The van der Waals surface area contributed by atoms with Gasteiger partial charge in [0.2, 0.25) is 0 Å². The summed E-state index contributed by atoms with van der Waals surface area (Å²) in [7, 11) is 0. The lowest BCUT2D eigenvalue weighted by Crippen LogP contribution is -2.44. The number of hydrogen-bond acceptors (Lipinski definition) is 3. The molecule has 0 saturated heterocycles. The molecule has 1 aromatic rings. The number of carbonyl (C=O) groups excluding carboxylic acids is 1. The van der Waals surface area contributed by atoms with Gasteiger partial charge in [0.25, 0.3) is 0 Å². The largest absolute Gasteiger partial charge is 0.480 e. The fourth-order valence-electron chi connectivity index (χ4n) is 1.88. The van der Waals surface area contributed by atoms with Crippen LogP contribution >= 0.6 is 11.6 Å². The van der Waals surface area contributed by atoms with Crippen LogP contribution in [0, 0.1) is 0 Å². The number of halogens is 4. The van der Waals surface area contributed by atoms with Crippen LogP contribution in [-0.2, 0) is 22.1 Å². The zero-order valence-corrected chi connectivity index (χ0v) is 14.0. The molecule has 1 aromatic carbocycles. The number of nitrogens with one attached hydrogen (secondary N) is 1. The van der Waals surface area contributed by atoms with E-state index in [4.69, 9.17) is 21.4 Å². The second-order valence-corrected chi connectivity index (χ2v) is 6.48. The highest BCUT2D eigenvalue weighted by molar-refractivity contribution is 6.30. The summed E-state index contributed by atoms with van der Waals surface area (Å²) < 4.78 is 44.0. The average Bonchev–Trinajstić information content (AvgIpc) is 2.33. The van der Waals surface area contributed by atoms with E-state index >= 15 is 0 Å². The molecule has 1 atom stereocenters. The second kappa shape index (κ2) is 7.29. The highest BCUT2D eigenvalue weighted by atomic mass is 35.5. The molecule has 0 saturated carbocycles. The zero-order valence-electron chi connectivity index (χ0n) is 13.2. The maximum Gasteiger partial charge on any atom is 0.416 e. The highest BCUT2D eigenvalue weighted by Gasteiger charge is 2.35. The summed E-state index contributed by atoms with van der Waals surface area (Å²) in [4.78, 5) is 22.9. The van der Waals surface area contributed by atoms with E-state index in [1.807, 2.05) is 5.32 Å². The molecule has 0 aliphatic carbocycles. The molecule has 0 radical (unpaired) electrons. The molecule has 0 heterocycles. The van der Waals surface area contributed by atoms with Crippen LogP contribution in [0.1, 0.15) is 31.9 Å². The predicted octanol–water partition coefficient (Wildman–Crippen LogP) is 3.88. The van der Waals surface area contributed by atoms with Crippen molar-refractivity contribution in [1.82, 2.24) is 5.32 Å². The van der Waals surface area contributed by atoms with Gasteiger partial charge in [-0.1, -0.05) is 11.6 Å². The Hall–Kier alpha value is -1.96. The summed E-state index contributed by atoms with van der Waals surface area (Å²) in [5, 5.41) is 11.2. The minimum Gasteiger partial charge on any atom is -0.480 e. The van der Waals surface area contributed by atoms with Crippen molar-refractivity contribution >= 4 is 23.7 Å². The normalized spacial score (nSPS) is 13.3. The van der Waals surface area contributed by atoms with Gasteiger partial charge in [-0.2, -0.15) is 13.2 Å². The molecule has 0 aromatic heterocycles. The lowest BCUT2D eigenvalue weighted by Gasteiger charge is -2.22. The maximum atomic E-state index is 13.0. The predicted molar refractivity (Wildman–Crippen MR) is 81.0 cm³/mol. The molecule has 5 nitrogen and oxygen atoms in total. The van der Waals surface area contributed by atoms with Crippen LogP contribution in [0.2, 0.25) is 5.02 Å². The number of carboxylic acids is 1. The lowest BCUT2D eigenvalue weighted by molar-refractivity contribution is -0.141. The number of alkyl carbamates (subject to hydrolysis) is 1. The number of amides is 1. The fraction of sp³-hybridized carbons (Fsp3) is 0.467. The van der Waals surface area contributed by atoms with Gasteiger partial charge in [0.05, 0.1) is 5.56 Å². The molecular weight excluding hydrogens is 351 g/mol. The van der Waals surface area contributed by atoms with Crippen molar-refractivity contribution in [2.24, 2.45) is 0 Å². The first-order valence-electron chi connectivity index (χ1n) is 6.87. The van der Waals surface area contributed by atoms with Crippen molar-refractivity contribution < 1.29 is 32.6 Å². The van der Waals surface area contributed by atoms with E-state index in [1.165, 1.54) is 0 Å². The third-order valence-electron chi connectivity index (χ3n) is 2.79. The van der Waals surface area contributed by atoms with Gasteiger partial charge >= 0.3 is 18.2 Å². The molecule has 0 spiro atoms. The topological polar surface area (TPSA) is 75.6 Å². The van der Waals surface area contributed by atoms with Gasteiger partial charge in [0, 0.05) is 11.4 Å². The number of carboxylic acid groups (broad SMARTS) is 1. The molecule has 1 unspecified atom stereocenters. The van der Waals surface area contributed by atoms with Crippen molar-refractivity contribution in [3.05, 3.63) is 34.3 Å². The van der Waals surface area contributed by atoms with Crippen LogP contribution < -0.4 is 5.32 Å². The van der Waals surface area contributed by atoms with Crippen LogP contribution in [0.3, 0.4) is 0 Å². The summed E-state index contributed by atoms with van der Waals surface area (Å²) in [5.74, 6) is -1.49. The molecule has 0 aliphatic rings. The smallest absolute Gasteiger partial charge is 0.416 e. The van der Waals surface area contributed by atoms with Crippen molar-refractivity contribution in [1.29, 1.82) is 0 Å². The van der Waals surface area contributed by atoms with Gasteiger partial charge in [-0.15, -0.1) is 0 Å². The number of rotatable bonds is 4. The summed E-state index contributed by atoms with van der Waals surface area (Å²) in [5.41, 5.74) is -2.22. The van der Waals surface area contributed by atoms with Crippen molar-refractivity contribution in [3.63, 3.8) is 0 Å². The minimum atomic E-state index is -4.67. The molecule has 1 amide bonds. The molecule has 2 N–H and O–H groups in total. The third kappa shape index (κ3) is 6.27. The molecular formula is C15H17ClF3NO4. The maximum absolute atomic E-state index is 13.0. The van der Waals surface area contributed by atoms with E-state index < -0.39 is 41.9 Å². The summed E-state index contributed by atoms with van der Waals surface area (Å²) in [6, 6.07) is 1.26. The minimum absolute atomic E-state index is 0.0272. The van der Waals surface area contributed by atoms with Crippen LogP contribution in [0.25, 0.3) is 0 Å².